The van der Waals surface area contributed by atoms with E-state index < -0.39 is 10.0 Å². The maximum Gasteiger partial charge on any atom is 0.252 e. The number of piperidine rings is 1. The first-order valence-electron chi connectivity index (χ1n) is 8.80. The summed E-state index contributed by atoms with van der Waals surface area (Å²) < 4.78 is 27.7. The van der Waals surface area contributed by atoms with Gasteiger partial charge in [0.2, 0.25) is 5.91 Å². The number of amides is 1. The van der Waals surface area contributed by atoms with Gasteiger partial charge in [-0.15, -0.1) is 11.3 Å². The van der Waals surface area contributed by atoms with Crippen molar-refractivity contribution in [2.24, 2.45) is 0 Å². The molecule has 0 aliphatic carbocycles. The zero-order valence-electron chi connectivity index (χ0n) is 15.1. The van der Waals surface area contributed by atoms with E-state index in [1.54, 1.807) is 17.5 Å². The van der Waals surface area contributed by atoms with Crippen LogP contribution in [0.2, 0.25) is 0 Å². The summed E-state index contributed by atoms with van der Waals surface area (Å²) in [6, 6.07) is 8.99. The molecule has 1 saturated heterocycles. The number of anilines is 1. The number of thiophene rings is 1. The Balaban J connectivity index is 1.74. The number of benzene rings is 1. The van der Waals surface area contributed by atoms with E-state index in [-0.39, 0.29) is 18.4 Å². The molecule has 0 bridgehead atoms. The molecule has 0 radical (unpaired) electrons. The molecule has 0 unspecified atom stereocenters. The van der Waals surface area contributed by atoms with Gasteiger partial charge in [0.25, 0.3) is 10.0 Å². The zero-order valence-corrected chi connectivity index (χ0v) is 16.7. The average Bonchev–Trinajstić information content (AvgIpc) is 3.14. The van der Waals surface area contributed by atoms with Gasteiger partial charge in [-0.05, 0) is 55.3 Å². The number of rotatable bonds is 5. The van der Waals surface area contributed by atoms with Crippen LogP contribution in [0.15, 0.2) is 39.9 Å². The Kier molecular flexibility index (Phi) is 5.79. The van der Waals surface area contributed by atoms with Crippen molar-refractivity contribution in [3.8, 4) is 0 Å². The monoisotopic (exact) mass is 392 g/mol. The Morgan fingerprint density at radius 3 is 2.81 bits per heavy atom. The third-order valence-corrected chi connectivity index (χ3v) is 8.04. The van der Waals surface area contributed by atoms with Crippen LogP contribution >= 0.6 is 11.3 Å². The summed E-state index contributed by atoms with van der Waals surface area (Å²) in [4.78, 5) is 12.6. The molecule has 1 N–H and O–H groups in total. The number of hydrogen-bond acceptors (Lipinski definition) is 4. The fourth-order valence-electron chi connectivity index (χ4n) is 3.31. The van der Waals surface area contributed by atoms with Gasteiger partial charge in [0.1, 0.15) is 4.21 Å². The molecular formula is C19H24N2O3S2. The summed E-state index contributed by atoms with van der Waals surface area (Å²) in [5, 5.41) is 4.71. The molecule has 1 aromatic carbocycles. The van der Waals surface area contributed by atoms with Crippen molar-refractivity contribution >= 4 is 33.0 Å². The maximum absolute atomic E-state index is 12.9. The minimum atomic E-state index is -3.53. The number of carbonyl (C=O) groups excluding carboxylic acids is 1. The molecule has 2 heterocycles. The second kappa shape index (κ2) is 7.90. The van der Waals surface area contributed by atoms with Crippen LogP contribution in [0.3, 0.4) is 0 Å². The van der Waals surface area contributed by atoms with Gasteiger partial charge in [0, 0.05) is 24.7 Å². The lowest BCUT2D eigenvalue weighted by Gasteiger charge is -2.34. The molecule has 1 aromatic heterocycles. The predicted octanol–water partition coefficient (Wildman–Crippen LogP) is 3.94. The highest BCUT2D eigenvalue weighted by molar-refractivity contribution is 7.91. The highest BCUT2D eigenvalue weighted by Gasteiger charge is 2.35. The van der Waals surface area contributed by atoms with Crippen molar-refractivity contribution in [1.82, 2.24) is 4.31 Å². The molecule has 5 nitrogen and oxygen atoms in total. The molecule has 2 aromatic rings. The van der Waals surface area contributed by atoms with Gasteiger partial charge < -0.3 is 5.32 Å². The van der Waals surface area contributed by atoms with Gasteiger partial charge in [-0.25, -0.2) is 8.42 Å². The molecule has 1 fully saturated rings. The molecule has 1 atom stereocenters. The summed E-state index contributed by atoms with van der Waals surface area (Å²) in [7, 11) is -3.53. The number of sulfonamides is 1. The third-order valence-electron chi connectivity index (χ3n) is 4.72. The van der Waals surface area contributed by atoms with Crippen molar-refractivity contribution in [3.63, 3.8) is 0 Å². The van der Waals surface area contributed by atoms with Gasteiger partial charge in [0.05, 0.1) is 0 Å². The third kappa shape index (κ3) is 4.16. The fourth-order valence-corrected chi connectivity index (χ4v) is 6.12. The lowest BCUT2D eigenvalue weighted by molar-refractivity contribution is -0.117. The number of aryl methyl sites for hydroxylation is 2. The predicted molar refractivity (Wildman–Crippen MR) is 105 cm³/mol. The van der Waals surface area contributed by atoms with Gasteiger partial charge in [-0.3, -0.25) is 4.79 Å². The summed E-state index contributed by atoms with van der Waals surface area (Å²) in [6.07, 6.45) is 2.67. The number of carbonyl (C=O) groups is 1. The second-order valence-electron chi connectivity index (χ2n) is 6.77. The minimum absolute atomic E-state index is 0.142. The molecule has 0 spiro atoms. The van der Waals surface area contributed by atoms with Gasteiger partial charge >= 0.3 is 0 Å². The Bertz CT molecular complexity index is 876. The van der Waals surface area contributed by atoms with E-state index in [0.29, 0.717) is 17.2 Å². The van der Waals surface area contributed by atoms with Crippen molar-refractivity contribution in [1.29, 1.82) is 0 Å². The van der Waals surface area contributed by atoms with E-state index >= 15 is 0 Å². The number of nitrogens with one attached hydrogen (secondary N) is 1. The Morgan fingerprint density at radius 1 is 1.27 bits per heavy atom. The number of nitrogens with zero attached hydrogens (tertiary/aromatic N) is 1. The normalized spacial score (nSPS) is 18.6. The second-order valence-corrected chi connectivity index (χ2v) is 9.83. The van der Waals surface area contributed by atoms with Crippen LogP contribution in [0.25, 0.3) is 0 Å². The Hall–Kier alpha value is -1.70. The standard InChI is InChI=1S/C19H24N2O3S2/c1-14-8-9-15(2)17(12-14)20-18(22)13-16-6-3-4-10-21(16)26(23,24)19-7-5-11-25-19/h5,7-9,11-12,16H,3-4,6,10,13H2,1-2H3,(H,20,22)/t16-/m0/s1. The van der Waals surface area contributed by atoms with Crippen LogP contribution in [0.1, 0.15) is 36.8 Å². The lowest BCUT2D eigenvalue weighted by atomic mass is 10.0. The first-order valence-corrected chi connectivity index (χ1v) is 11.1. The van der Waals surface area contributed by atoms with E-state index in [9.17, 15) is 13.2 Å². The Labute approximate surface area is 159 Å². The zero-order chi connectivity index (χ0) is 18.7. The van der Waals surface area contributed by atoms with Crippen LogP contribution in [-0.2, 0) is 14.8 Å². The van der Waals surface area contributed by atoms with E-state index in [1.807, 2.05) is 32.0 Å². The Morgan fingerprint density at radius 2 is 2.08 bits per heavy atom. The molecule has 3 rings (SSSR count). The van der Waals surface area contributed by atoms with Gasteiger partial charge in [0.15, 0.2) is 0 Å². The molecule has 0 saturated carbocycles. The molecule has 7 heteroatoms. The molecule has 1 aliphatic rings. The smallest absolute Gasteiger partial charge is 0.252 e. The first-order chi connectivity index (χ1) is 12.4. The van der Waals surface area contributed by atoms with Crippen molar-refractivity contribution < 1.29 is 13.2 Å². The topological polar surface area (TPSA) is 66.5 Å². The van der Waals surface area contributed by atoms with Gasteiger partial charge in [-0.2, -0.15) is 4.31 Å². The largest absolute Gasteiger partial charge is 0.326 e. The molecule has 26 heavy (non-hydrogen) atoms. The quantitative estimate of drug-likeness (QED) is 0.838. The van der Waals surface area contributed by atoms with Crippen LogP contribution in [0.5, 0.6) is 0 Å². The van der Waals surface area contributed by atoms with Crippen molar-refractivity contribution in [2.45, 2.75) is 49.8 Å². The van der Waals surface area contributed by atoms with Crippen LogP contribution in [-0.4, -0.2) is 31.2 Å². The summed E-state index contributed by atoms with van der Waals surface area (Å²) in [5.41, 5.74) is 2.86. The highest BCUT2D eigenvalue weighted by atomic mass is 32.2. The van der Waals surface area contributed by atoms with E-state index in [4.69, 9.17) is 0 Å². The lowest BCUT2D eigenvalue weighted by Crippen LogP contribution is -2.45. The summed E-state index contributed by atoms with van der Waals surface area (Å²) in [5.74, 6) is -0.142. The number of hydrogen-bond donors (Lipinski definition) is 1. The molecular weight excluding hydrogens is 368 g/mol. The minimum Gasteiger partial charge on any atom is -0.326 e. The van der Waals surface area contributed by atoms with Crippen LogP contribution in [0.4, 0.5) is 5.69 Å². The maximum atomic E-state index is 12.9. The highest BCUT2D eigenvalue weighted by Crippen LogP contribution is 2.29. The SMILES string of the molecule is Cc1ccc(C)c(NC(=O)C[C@@H]2CCCCN2S(=O)(=O)c2cccs2)c1. The van der Waals surface area contributed by atoms with Gasteiger partial charge in [-0.1, -0.05) is 24.6 Å². The van der Waals surface area contributed by atoms with Crippen molar-refractivity contribution in [3.05, 3.63) is 46.8 Å². The van der Waals surface area contributed by atoms with Crippen LogP contribution in [0, 0.1) is 13.8 Å². The average molecular weight is 393 g/mol. The van der Waals surface area contributed by atoms with E-state index in [2.05, 4.69) is 5.32 Å². The van der Waals surface area contributed by atoms with E-state index in [0.717, 1.165) is 29.7 Å². The molecule has 140 valence electrons. The molecule has 1 amide bonds. The molecule has 1 aliphatic heterocycles. The summed E-state index contributed by atoms with van der Waals surface area (Å²) >= 11 is 1.22. The van der Waals surface area contributed by atoms with Crippen LogP contribution < -0.4 is 5.32 Å². The summed E-state index contributed by atoms with van der Waals surface area (Å²) in [6.45, 7) is 4.40. The van der Waals surface area contributed by atoms with E-state index in [1.165, 1.54) is 15.6 Å². The van der Waals surface area contributed by atoms with Crippen molar-refractivity contribution in [2.75, 3.05) is 11.9 Å². The fraction of sp³-hybridized carbons (Fsp3) is 0.421. The first kappa shape index (κ1) is 19.1.